The van der Waals surface area contributed by atoms with E-state index in [4.69, 9.17) is 0 Å². The highest BCUT2D eigenvalue weighted by Crippen LogP contribution is 1.91. The fourth-order valence-corrected chi connectivity index (χ4v) is 1.24. The fourth-order valence-electron chi connectivity index (χ4n) is 1.24. The number of nitrogens with zero attached hydrogens (tertiary/aromatic N) is 2. The molecule has 0 aromatic rings. The van der Waals surface area contributed by atoms with Gasteiger partial charge in [0.15, 0.2) is 0 Å². The Balaban J connectivity index is 0.000000132. The van der Waals surface area contributed by atoms with Gasteiger partial charge in [-0.25, -0.2) is 0 Å². The molecule has 0 amide bonds. The van der Waals surface area contributed by atoms with Crippen LogP contribution in [0.5, 0.6) is 0 Å². The molecule has 0 saturated carbocycles. The molecule has 0 saturated heterocycles. The van der Waals surface area contributed by atoms with Crippen LogP contribution in [0.2, 0.25) is 0 Å². The van der Waals surface area contributed by atoms with Crippen molar-refractivity contribution >= 4 is 11.7 Å². The molecular weight excluding hydrogens is 164 g/mol. The maximum Gasteiger partial charge on any atom is 0.0935 e. The van der Waals surface area contributed by atoms with Crippen molar-refractivity contribution in [3.63, 3.8) is 0 Å². The van der Waals surface area contributed by atoms with E-state index in [0.29, 0.717) is 6.04 Å². The molecule has 0 aromatic carbocycles. The number of aliphatic imine (C=N–C) groups is 2. The van der Waals surface area contributed by atoms with E-state index in [1.807, 2.05) is 13.8 Å². The summed E-state index contributed by atoms with van der Waals surface area (Å²) in [7, 11) is 0. The van der Waals surface area contributed by atoms with Crippen molar-refractivity contribution in [3.05, 3.63) is 0 Å². The molecule has 0 fully saturated rings. The molecule has 13 heavy (non-hydrogen) atoms. The minimum atomic E-state index is 0.569. The van der Waals surface area contributed by atoms with Gasteiger partial charge in [0, 0.05) is 12.6 Å². The zero-order chi connectivity index (χ0) is 9.68. The standard InChI is InChI=1S/C5H10N2.C4H8N2/c1-4-3-6-5(2)7-4;1-4-5-2-3-6-4/h4H,3H2,1-2H3,(H,6,7);2-3H2,1H3,(H,5,6). The van der Waals surface area contributed by atoms with Gasteiger partial charge in [0.25, 0.3) is 0 Å². The highest BCUT2D eigenvalue weighted by molar-refractivity contribution is 5.81. The molecule has 0 radical (unpaired) electrons. The van der Waals surface area contributed by atoms with Crippen LogP contribution >= 0.6 is 0 Å². The first-order chi connectivity index (χ1) is 6.18. The first-order valence-corrected chi connectivity index (χ1v) is 4.71. The molecule has 2 N–H and O–H groups in total. The maximum absolute atomic E-state index is 4.12. The molecule has 4 heteroatoms. The molecule has 1 atom stereocenters. The van der Waals surface area contributed by atoms with E-state index in [1.165, 1.54) is 0 Å². The molecule has 2 aliphatic rings. The second kappa shape index (κ2) is 4.84. The Bertz CT molecular complexity index is 220. The number of amidine groups is 2. The lowest BCUT2D eigenvalue weighted by molar-refractivity contribution is 0.725. The summed E-state index contributed by atoms with van der Waals surface area (Å²) < 4.78 is 0. The zero-order valence-corrected chi connectivity index (χ0v) is 8.59. The lowest BCUT2D eigenvalue weighted by Crippen LogP contribution is -2.24. The Labute approximate surface area is 79.5 Å². The number of hydrogen-bond acceptors (Lipinski definition) is 4. The Morgan fingerprint density at radius 1 is 1.23 bits per heavy atom. The highest BCUT2D eigenvalue weighted by Gasteiger charge is 2.05. The second-order valence-electron chi connectivity index (χ2n) is 3.37. The summed E-state index contributed by atoms with van der Waals surface area (Å²) in [6.07, 6.45) is 0. The van der Waals surface area contributed by atoms with Crippen molar-refractivity contribution in [1.82, 2.24) is 10.6 Å². The van der Waals surface area contributed by atoms with E-state index in [9.17, 15) is 0 Å². The number of rotatable bonds is 0. The van der Waals surface area contributed by atoms with Gasteiger partial charge in [0.05, 0.1) is 24.8 Å². The molecule has 2 heterocycles. The minimum absolute atomic E-state index is 0.569. The van der Waals surface area contributed by atoms with Crippen LogP contribution in [0.4, 0.5) is 0 Å². The van der Waals surface area contributed by atoms with Gasteiger partial charge >= 0.3 is 0 Å². The summed E-state index contributed by atoms with van der Waals surface area (Å²) in [6, 6.07) is 0.569. The molecule has 0 aromatic heterocycles. The van der Waals surface area contributed by atoms with Crippen LogP contribution in [0.15, 0.2) is 9.98 Å². The van der Waals surface area contributed by atoms with Gasteiger partial charge in [0.1, 0.15) is 0 Å². The third-order valence-corrected chi connectivity index (χ3v) is 1.90. The first-order valence-electron chi connectivity index (χ1n) is 4.71. The second-order valence-corrected chi connectivity index (χ2v) is 3.37. The van der Waals surface area contributed by atoms with Crippen LogP contribution in [0.1, 0.15) is 20.8 Å². The summed E-state index contributed by atoms with van der Waals surface area (Å²) in [5, 5.41) is 6.24. The Morgan fingerprint density at radius 2 is 2.00 bits per heavy atom. The van der Waals surface area contributed by atoms with Crippen LogP contribution in [-0.4, -0.2) is 37.3 Å². The van der Waals surface area contributed by atoms with E-state index >= 15 is 0 Å². The lowest BCUT2D eigenvalue weighted by atomic mass is 10.4. The van der Waals surface area contributed by atoms with Gasteiger partial charge in [0.2, 0.25) is 0 Å². The summed E-state index contributed by atoms with van der Waals surface area (Å²) in [6.45, 7) is 9.04. The molecule has 0 aliphatic carbocycles. The van der Waals surface area contributed by atoms with E-state index in [-0.39, 0.29) is 0 Å². The largest absolute Gasteiger partial charge is 0.372 e. The van der Waals surface area contributed by atoms with Crippen LogP contribution in [0.25, 0.3) is 0 Å². The van der Waals surface area contributed by atoms with Crippen LogP contribution in [0.3, 0.4) is 0 Å². The van der Waals surface area contributed by atoms with Crippen LogP contribution in [0, 0.1) is 0 Å². The van der Waals surface area contributed by atoms with E-state index < -0.39 is 0 Å². The normalized spacial score (nSPS) is 25.0. The summed E-state index contributed by atoms with van der Waals surface area (Å²) in [5.74, 6) is 2.16. The average molecular weight is 182 g/mol. The topological polar surface area (TPSA) is 48.8 Å². The van der Waals surface area contributed by atoms with Crippen molar-refractivity contribution < 1.29 is 0 Å². The van der Waals surface area contributed by atoms with Crippen molar-refractivity contribution in [1.29, 1.82) is 0 Å². The molecule has 0 spiro atoms. The Hall–Kier alpha value is -1.06. The van der Waals surface area contributed by atoms with Crippen molar-refractivity contribution in [3.8, 4) is 0 Å². The predicted octanol–water partition coefficient (Wildman–Crippen LogP) is 0.404. The summed E-state index contributed by atoms with van der Waals surface area (Å²) in [5.41, 5.74) is 0. The third-order valence-electron chi connectivity index (χ3n) is 1.90. The van der Waals surface area contributed by atoms with Gasteiger partial charge in [-0.05, 0) is 20.8 Å². The predicted molar refractivity (Wildman–Crippen MR) is 56.6 cm³/mol. The average Bonchev–Trinajstić information content (AvgIpc) is 2.64. The smallest absolute Gasteiger partial charge is 0.0935 e. The monoisotopic (exact) mass is 182 g/mol. The van der Waals surface area contributed by atoms with Crippen molar-refractivity contribution in [2.45, 2.75) is 26.8 Å². The Kier molecular flexibility index (Phi) is 3.73. The zero-order valence-electron chi connectivity index (χ0n) is 8.59. The minimum Gasteiger partial charge on any atom is -0.372 e. The van der Waals surface area contributed by atoms with Gasteiger partial charge in [-0.15, -0.1) is 0 Å². The third kappa shape index (κ3) is 3.92. The fraction of sp³-hybridized carbons (Fsp3) is 0.778. The van der Waals surface area contributed by atoms with Crippen LogP contribution < -0.4 is 10.6 Å². The molecule has 4 nitrogen and oxygen atoms in total. The Morgan fingerprint density at radius 3 is 2.15 bits per heavy atom. The van der Waals surface area contributed by atoms with E-state index in [0.717, 1.165) is 31.3 Å². The molecule has 0 bridgehead atoms. The van der Waals surface area contributed by atoms with Crippen LogP contribution in [-0.2, 0) is 0 Å². The van der Waals surface area contributed by atoms with Crippen molar-refractivity contribution in [2.75, 3.05) is 19.6 Å². The molecular formula is C9H18N4. The number of hydrogen-bond donors (Lipinski definition) is 2. The van der Waals surface area contributed by atoms with Gasteiger partial charge < -0.3 is 10.6 Å². The summed E-state index contributed by atoms with van der Waals surface area (Å²) in [4.78, 5) is 8.16. The van der Waals surface area contributed by atoms with E-state index in [1.54, 1.807) is 0 Å². The van der Waals surface area contributed by atoms with E-state index in [2.05, 4.69) is 27.5 Å². The molecule has 74 valence electrons. The number of nitrogens with one attached hydrogen (secondary N) is 2. The molecule has 2 rings (SSSR count). The summed E-state index contributed by atoms with van der Waals surface area (Å²) >= 11 is 0. The van der Waals surface area contributed by atoms with Gasteiger partial charge in [-0.2, -0.15) is 0 Å². The van der Waals surface area contributed by atoms with Gasteiger partial charge in [-0.1, -0.05) is 0 Å². The first kappa shape index (κ1) is 10.0. The maximum atomic E-state index is 4.12. The molecule has 2 aliphatic heterocycles. The van der Waals surface area contributed by atoms with Crippen molar-refractivity contribution in [2.24, 2.45) is 9.98 Å². The van der Waals surface area contributed by atoms with Gasteiger partial charge in [-0.3, -0.25) is 9.98 Å². The SMILES string of the molecule is CC1=NCC(C)N1.CC1=NCCN1. The quantitative estimate of drug-likeness (QED) is 0.570. The lowest BCUT2D eigenvalue weighted by Gasteiger charge is -1.98. The molecule has 1 unspecified atom stereocenters. The highest BCUT2D eigenvalue weighted by atomic mass is 15.1.